The molecule has 0 radical (unpaired) electrons. The summed E-state index contributed by atoms with van der Waals surface area (Å²) in [5.41, 5.74) is 0. The van der Waals surface area contributed by atoms with Crippen molar-refractivity contribution in [3.8, 4) is 11.8 Å². The molecule has 0 heterocycles. The third-order valence-electron chi connectivity index (χ3n) is 6.25. The summed E-state index contributed by atoms with van der Waals surface area (Å²) in [5.74, 6) is 9.46. The van der Waals surface area contributed by atoms with E-state index in [9.17, 15) is 0 Å². The number of hydrogen-bond donors (Lipinski definition) is 0. The van der Waals surface area contributed by atoms with Gasteiger partial charge in [0.15, 0.2) is 0 Å². The average molecular weight is 363 g/mol. The average Bonchev–Trinajstić information content (AvgIpc) is 2.65. The molecule has 0 aliphatic rings. The number of rotatable bonds is 17. The van der Waals surface area contributed by atoms with Crippen LogP contribution in [0.5, 0.6) is 0 Å². The quantitative estimate of drug-likeness (QED) is 0.179. The Hall–Kier alpha value is -0.440. The second-order valence-electron chi connectivity index (χ2n) is 8.87. The lowest BCUT2D eigenvalue weighted by Crippen LogP contribution is -2.06. The van der Waals surface area contributed by atoms with E-state index in [1.165, 1.54) is 89.9 Å². The molecule has 0 heteroatoms. The molecule has 0 saturated carbocycles. The molecule has 0 N–H and O–H groups in total. The van der Waals surface area contributed by atoms with Gasteiger partial charge >= 0.3 is 0 Å². The van der Waals surface area contributed by atoms with E-state index in [-0.39, 0.29) is 0 Å². The number of hydrogen-bond acceptors (Lipinski definition) is 0. The minimum absolute atomic E-state index is 0.903. The first-order valence-electron chi connectivity index (χ1n) is 12.1. The van der Waals surface area contributed by atoms with E-state index in [4.69, 9.17) is 0 Å². The fraction of sp³-hybridized carbons (Fsp3) is 0.923. The van der Waals surface area contributed by atoms with Crippen molar-refractivity contribution in [3.63, 3.8) is 0 Å². The molecular formula is C26H50. The third kappa shape index (κ3) is 17.0. The maximum absolute atomic E-state index is 3.37. The van der Waals surface area contributed by atoms with Gasteiger partial charge in [-0.05, 0) is 30.6 Å². The van der Waals surface area contributed by atoms with Crippen molar-refractivity contribution in [1.29, 1.82) is 0 Å². The Morgan fingerprint density at radius 3 is 1.62 bits per heavy atom. The zero-order valence-corrected chi connectivity index (χ0v) is 19.0. The highest BCUT2D eigenvalue weighted by Crippen LogP contribution is 2.22. The van der Waals surface area contributed by atoms with Gasteiger partial charge in [0.2, 0.25) is 0 Å². The van der Waals surface area contributed by atoms with Crippen LogP contribution in [0.1, 0.15) is 137 Å². The molecule has 0 aromatic rings. The Balaban J connectivity index is 3.37. The van der Waals surface area contributed by atoms with Crippen LogP contribution in [0.3, 0.4) is 0 Å². The highest BCUT2D eigenvalue weighted by atomic mass is 14.1. The zero-order chi connectivity index (χ0) is 19.5. The maximum Gasteiger partial charge on any atom is 0.00886 e. The van der Waals surface area contributed by atoms with E-state index in [0.29, 0.717) is 0 Å². The van der Waals surface area contributed by atoms with Crippen LogP contribution in [0.15, 0.2) is 0 Å². The summed E-state index contributed by atoms with van der Waals surface area (Å²) in [5, 5.41) is 0. The van der Waals surface area contributed by atoms with Gasteiger partial charge < -0.3 is 0 Å². The largest absolute Gasteiger partial charge is 0.103 e. The van der Waals surface area contributed by atoms with E-state index < -0.39 is 0 Å². The predicted octanol–water partition coefficient (Wildman–Crippen LogP) is 9.18. The SMILES string of the molecule is CCCCCCC#CCCCCC(C)CCCCCCC(C)C(C)CC. The first-order chi connectivity index (χ1) is 12.6. The smallest absolute Gasteiger partial charge is 0.00886 e. The standard InChI is InChI=1S/C26H50/c1-6-8-9-10-11-12-13-14-15-18-21-24(3)22-19-16-17-20-23-26(5)25(4)7-2/h24-26H,6-11,14-23H2,1-5H3. The summed E-state index contributed by atoms with van der Waals surface area (Å²) in [6, 6.07) is 0. The highest BCUT2D eigenvalue weighted by molar-refractivity contribution is 4.98. The fourth-order valence-electron chi connectivity index (χ4n) is 3.67. The van der Waals surface area contributed by atoms with Crippen LogP contribution in [-0.2, 0) is 0 Å². The first kappa shape index (κ1) is 25.6. The molecule has 0 aliphatic carbocycles. The molecule has 3 atom stereocenters. The molecule has 0 fully saturated rings. The van der Waals surface area contributed by atoms with Crippen LogP contribution in [0.2, 0.25) is 0 Å². The van der Waals surface area contributed by atoms with Crippen LogP contribution < -0.4 is 0 Å². The summed E-state index contributed by atoms with van der Waals surface area (Å²) < 4.78 is 0. The van der Waals surface area contributed by atoms with Crippen LogP contribution >= 0.6 is 0 Å². The molecule has 0 aromatic heterocycles. The molecule has 0 saturated heterocycles. The van der Waals surface area contributed by atoms with Crippen molar-refractivity contribution in [2.75, 3.05) is 0 Å². The molecular weight excluding hydrogens is 312 g/mol. The third-order valence-corrected chi connectivity index (χ3v) is 6.25. The molecule has 3 unspecified atom stereocenters. The van der Waals surface area contributed by atoms with Gasteiger partial charge in [-0.25, -0.2) is 0 Å². The molecule has 0 spiro atoms. The van der Waals surface area contributed by atoms with E-state index in [1.54, 1.807) is 0 Å². The molecule has 26 heavy (non-hydrogen) atoms. The second-order valence-corrected chi connectivity index (χ2v) is 8.87. The second kappa shape index (κ2) is 19.3. The Kier molecular flexibility index (Phi) is 19.0. The summed E-state index contributed by atoms with van der Waals surface area (Å²) in [4.78, 5) is 0. The van der Waals surface area contributed by atoms with Gasteiger partial charge in [-0.15, -0.1) is 11.8 Å². The first-order valence-corrected chi connectivity index (χ1v) is 12.1. The van der Waals surface area contributed by atoms with Crippen molar-refractivity contribution in [2.45, 2.75) is 137 Å². The van der Waals surface area contributed by atoms with Gasteiger partial charge in [0, 0.05) is 12.8 Å². The Bertz CT molecular complexity index is 332. The topological polar surface area (TPSA) is 0 Å². The molecule has 0 aromatic carbocycles. The van der Waals surface area contributed by atoms with E-state index in [1.807, 2.05) is 0 Å². The predicted molar refractivity (Wildman–Crippen MR) is 120 cm³/mol. The highest BCUT2D eigenvalue weighted by Gasteiger charge is 2.09. The zero-order valence-electron chi connectivity index (χ0n) is 19.0. The fourth-order valence-corrected chi connectivity index (χ4v) is 3.67. The molecule has 0 nitrogen and oxygen atoms in total. The van der Waals surface area contributed by atoms with Crippen molar-refractivity contribution in [2.24, 2.45) is 17.8 Å². The van der Waals surface area contributed by atoms with Gasteiger partial charge in [0.05, 0.1) is 0 Å². The Labute approximate surface area is 167 Å². The minimum Gasteiger partial charge on any atom is -0.103 e. The van der Waals surface area contributed by atoms with Crippen LogP contribution in [0.25, 0.3) is 0 Å². The van der Waals surface area contributed by atoms with Crippen molar-refractivity contribution < 1.29 is 0 Å². The van der Waals surface area contributed by atoms with Crippen LogP contribution in [-0.4, -0.2) is 0 Å². The molecule has 0 aliphatic heterocycles. The lowest BCUT2D eigenvalue weighted by Gasteiger charge is -2.17. The van der Waals surface area contributed by atoms with Crippen LogP contribution in [0.4, 0.5) is 0 Å². The summed E-state index contributed by atoms with van der Waals surface area (Å²) in [6.07, 6.45) is 21.7. The van der Waals surface area contributed by atoms with Gasteiger partial charge in [0.1, 0.15) is 0 Å². The van der Waals surface area contributed by atoms with Gasteiger partial charge in [-0.2, -0.15) is 0 Å². The van der Waals surface area contributed by atoms with Crippen LogP contribution in [0, 0.1) is 29.6 Å². The van der Waals surface area contributed by atoms with E-state index >= 15 is 0 Å². The summed E-state index contributed by atoms with van der Waals surface area (Å²) in [6.45, 7) is 11.9. The van der Waals surface area contributed by atoms with Gasteiger partial charge in [0.25, 0.3) is 0 Å². The van der Waals surface area contributed by atoms with Crippen molar-refractivity contribution >= 4 is 0 Å². The lowest BCUT2D eigenvalue weighted by molar-refractivity contribution is 0.340. The van der Waals surface area contributed by atoms with Gasteiger partial charge in [-0.1, -0.05) is 112 Å². The maximum atomic E-state index is 3.37. The monoisotopic (exact) mass is 362 g/mol. The molecule has 154 valence electrons. The van der Waals surface area contributed by atoms with E-state index in [2.05, 4.69) is 46.5 Å². The normalized spacial score (nSPS) is 14.5. The Morgan fingerprint density at radius 1 is 0.538 bits per heavy atom. The van der Waals surface area contributed by atoms with Crippen molar-refractivity contribution in [3.05, 3.63) is 0 Å². The summed E-state index contributed by atoms with van der Waals surface area (Å²) >= 11 is 0. The minimum atomic E-state index is 0.903. The Morgan fingerprint density at radius 2 is 1.04 bits per heavy atom. The molecule has 0 amide bonds. The molecule has 0 rings (SSSR count). The van der Waals surface area contributed by atoms with Gasteiger partial charge in [-0.3, -0.25) is 0 Å². The molecule has 0 bridgehead atoms. The lowest BCUT2D eigenvalue weighted by atomic mass is 9.88. The van der Waals surface area contributed by atoms with E-state index in [0.717, 1.165) is 30.6 Å². The number of unbranched alkanes of at least 4 members (excludes halogenated alkanes) is 9. The van der Waals surface area contributed by atoms with Crippen molar-refractivity contribution in [1.82, 2.24) is 0 Å². The summed E-state index contributed by atoms with van der Waals surface area (Å²) in [7, 11) is 0.